The van der Waals surface area contributed by atoms with Crippen molar-refractivity contribution in [2.24, 2.45) is 0 Å². The van der Waals surface area contributed by atoms with Gasteiger partial charge in [0.2, 0.25) is 5.82 Å². The fourth-order valence-electron chi connectivity index (χ4n) is 1.83. The van der Waals surface area contributed by atoms with Crippen molar-refractivity contribution in [2.75, 3.05) is 5.73 Å². The van der Waals surface area contributed by atoms with Crippen molar-refractivity contribution in [1.82, 2.24) is 25.0 Å². The Morgan fingerprint density at radius 3 is 2.75 bits per heavy atom. The lowest BCUT2D eigenvalue weighted by atomic mass is 10.1. The summed E-state index contributed by atoms with van der Waals surface area (Å²) in [7, 11) is 0. The van der Waals surface area contributed by atoms with E-state index in [1.807, 2.05) is 18.2 Å². The van der Waals surface area contributed by atoms with Crippen molar-refractivity contribution in [3.05, 3.63) is 57.5 Å². The van der Waals surface area contributed by atoms with Crippen LogP contribution in [0.3, 0.4) is 0 Å². The van der Waals surface area contributed by atoms with Crippen LogP contribution in [-0.4, -0.2) is 25.0 Å². The topological polar surface area (TPSA) is 122 Å². The minimum atomic E-state index is -0.668. The summed E-state index contributed by atoms with van der Waals surface area (Å²) in [4.78, 5) is 24.6. The van der Waals surface area contributed by atoms with Crippen molar-refractivity contribution >= 4 is 5.69 Å². The molecule has 20 heavy (non-hydrogen) atoms. The summed E-state index contributed by atoms with van der Waals surface area (Å²) in [5, 5.41) is 9.87. The Hall–Kier alpha value is -3.16. The van der Waals surface area contributed by atoms with Crippen LogP contribution in [-0.2, 0) is 0 Å². The average molecular weight is 270 g/mol. The number of aromatic amines is 2. The van der Waals surface area contributed by atoms with Gasteiger partial charge in [-0.25, -0.2) is 14.6 Å². The quantitative estimate of drug-likeness (QED) is 0.561. The first-order chi connectivity index (χ1) is 9.65. The summed E-state index contributed by atoms with van der Waals surface area (Å²) in [5.41, 5.74) is 6.75. The van der Waals surface area contributed by atoms with Gasteiger partial charge in [0.1, 0.15) is 0 Å². The molecular weight excluding hydrogens is 260 g/mol. The van der Waals surface area contributed by atoms with Gasteiger partial charge in [0.25, 0.3) is 5.56 Å². The first kappa shape index (κ1) is 11.9. The van der Waals surface area contributed by atoms with E-state index >= 15 is 0 Å². The van der Waals surface area contributed by atoms with Gasteiger partial charge in [0.05, 0.1) is 6.20 Å². The Bertz CT molecular complexity index is 876. The Balaban J connectivity index is 2.09. The number of nitrogens with two attached hydrogens (primary N) is 1. The van der Waals surface area contributed by atoms with E-state index in [9.17, 15) is 9.59 Å². The first-order valence-electron chi connectivity index (χ1n) is 5.74. The Kier molecular flexibility index (Phi) is 2.68. The van der Waals surface area contributed by atoms with Crippen LogP contribution >= 0.6 is 0 Å². The Labute approximate surface area is 111 Å². The van der Waals surface area contributed by atoms with Gasteiger partial charge < -0.3 is 5.73 Å². The molecule has 2 heterocycles. The number of aromatic nitrogens is 5. The molecule has 3 rings (SSSR count). The Morgan fingerprint density at radius 1 is 1.20 bits per heavy atom. The van der Waals surface area contributed by atoms with Crippen molar-refractivity contribution in [3.8, 4) is 16.9 Å². The fraction of sp³-hybridized carbons (Fsp3) is 0. The number of nitrogens with zero attached hydrogens (tertiary/aromatic N) is 3. The van der Waals surface area contributed by atoms with Crippen LogP contribution in [0, 0.1) is 0 Å². The van der Waals surface area contributed by atoms with Gasteiger partial charge in [-0.1, -0.05) is 18.2 Å². The number of rotatable bonds is 2. The largest absolute Gasteiger partial charge is 0.398 e. The molecule has 8 nitrogen and oxygen atoms in total. The van der Waals surface area contributed by atoms with Crippen molar-refractivity contribution in [2.45, 2.75) is 0 Å². The molecule has 4 N–H and O–H groups in total. The highest BCUT2D eigenvalue weighted by atomic mass is 16.2. The molecular formula is C12H10N6O2. The third-order valence-electron chi connectivity index (χ3n) is 2.76. The van der Waals surface area contributed by atoms with Crippen LogP contribution in [0.15, 0.2) is 46.2 Å². The van der Waals surface area contributed by atoms with Crippen LogP contribution < -0.4 is 17.0 Å². The van der Waals surface area contributed by atoms with E-state index in [1.54, 1.807) is 18.5 Å². The van der Waals surface area contributed by atoms with E-state index in [-0.39, 0.29) is 5.82 Å². The minimum absolute atomic E-state index is 0.0228. The predicted molar refractivity (Wildman–Crippen MR) is 72.4 cm³/mol. The molecule has 0 bridgehead atoms. The van der Waals surface area contributed by atoms with E-state index in [4.69, 9.17) is 5.73 Å². The van der Waals surface area contributed by atoms with Crippen LogP contribution in [0.1, 0.15) is 0 Å². The molecule has 0 saturated carbocycles. The molecule has 0 amide bonds. The molecule has 3 aromatic rings. The molecule has 0 saturated heterocycles. The fourth-order valence-corrected chi connectivity index (χ4v) is 1.83. The lowest BCUT2D eigenvalue weighted by Gasteiger charge is -2.01. The summed E-state index contributed by atoms with van der Waals surface area (Å²) in [6, 6.07) is 7.31. The van der Waals surface area contributed by atoms with Crippen molar-refractivity contribution in [1.29, 1.82) is 0 Å². The summed E-state index contributed by atoms with van der Waals surface area (Å²) in [6.07, 6.45) is 3.18. The zero-order chi connectivity index (χ0) is 14.1. The maximum Gasteiger partial charge on any atom is 0.342 e. The average Bonchev–Trinajstić information content (AvgIpc) is 2.88. The van der Waals surface area contributed by atoms with Gasteiger partial charge >= 0.3 is 5.69 Å². The van der Waals surface area contributed by atoms with Crippen LogP contribution in [0.25, 0.3) is 16.9 Å². The molecule has 0 aliphatic rings. The first-order valence-corrected chi connectivity index (χ1v) is 5.74. The minimum Gasteiger partial charge on any atom is -0.398 e. The zero-order valence-electron chi connectivity index (χ0n) is 10.2. The Morgan fingerprint density at radius 2 is 2.00 bits per heavy atom. The summed E-state index contributed by atoms with van der Waals surface area (Å²) < 4.78 is 1.27. The normalized spacial score (nSPS) is 10.6. The maximum absolute atomic E-state index is 11.6. The van der Waals surface area contributed by atoms with Gasteiger partial charge in [0, 0.05) is 23.0 Å². The third-order valence-corrected chi connectivity index (χ3v) is 2.76. The number of hydrogen-bond donors (Lipinski definition) is 3. The molecule has 0 aliphatic heterocycles. The van der Waals surface area contributed by atoms with Crippen LogP contribution in [0.5, 0.6) is 0 Å². The van der Waals surface area contributed by atoms with Gasteiger partial charge in [0.15, 0.2) is 0 Å². The standard InChI is InChI=1S/C12H10N6O2/c13-9-4-2-1-3-8(9)7-5-14-18(6-7)10-11(19)15-12(20)17-16-10/h1-6H,13H2,(H2,15,17,19,20). The highest BCUT2D eigenvalue weighted by Gasteiger charge is 2.09. The van der Waals surface area contributed by atoms with E-state index < -0.39 is 11.2 Å². The summed E-state index contributed by atoms with van der Waals surface area (Å²) in [6.45, 7) is 0. The second-order valence-corrected chi connectivity index (χ2v) is 4.09. The molecule has 0 fully saturated rings. The van der Waals surface area contributed by atoms with Gasteiger partial charge in [-0.15, -0.1) is 5.10 Å². The maximum atomic E-state index is 11.6. The third kappa shape index (κ3) is 1.99. The molecule has 8 heteroatoms. The number of hydrogen-bond acceptors (Lipinski definition) is 5. The number of para-hydroxylation sites is 1. The smallest absolute Gasteiger partial charge is 0.342 e. The summed E-state index contributed by atoms with van der Waals surface area (Å²) >= 11 is 0. The lowest BCUT2D eigenvalue weighted by Crippen LogP contribution is -2.28. The highest BCUT2D eigenvalue weighted by molar-refractivity contribution is 5.75. The van der Waals surface area contributed by atoms with E-state index in [0.29, 0.717) is 5.69 Å². The number of anilines is 1. The van der Waals surface area contributed by atoms with Crippen molar-refractivity contribution in [3.63, 3.8) is 0 Å². The second-order valence-electron chi connectivity index (χ2n) is 4.09. The predicted octanol–water partition coefficient (Wildman–Crippen LogP) is -0.107. The monoisotopic (exact) mass is 270 g/mol. The molecule has 0 atom stereocenters. The van der Waals surface area contributed by atoms with Gasteiger partial charge in [-0.3, -0.25) is 9.78 Å². The molecule has 2 aromatic heterocycles. The molecule has 0 unspecified atom stereocenters. The number of nitrogens with one attached hydrogen (secondary N) is 2. The number of H-pyrrole nitrogens is 2. The zero-order valence-corrected chi connectivity index (χ0v) is 10.2. The van der Waals surface area contributed by atoms with Crippen molar-refractivity contribution < 1.29 is 0 Å². The van der Waals surface area contributed by atoms with E-state index in [1.165, 1.54) is 4.68 Å². The van der Waals surface area contributed by atoms with Crippen LogP contribution in [0.2, 0.25) is 0 Å². The number of nitrogen functional groups attached to an aromatic ring is 1. The highest BCUT2D eigenvalue weighted by Crippen LogP contribution is 2.24. The molecule has 100 valence electrons. The number of benzene rings is 1. The van der Waals surface area contributed by atoms with Gasteiger partial charge in [-0.05, 0) is 6.07 Å². The molecule has 0 radical (unpaired) electrons. The second kappa shape index (κ2) is 4.50. The summed E-state index contributed by atoms with van der Waals surface area (Å²) in [5.74, 6) is -0.0228. The van der Waals surface area contributed by atoms with Gasteiger partial charge in [-0.2, -0.15) is 5.10 Å². The lowest BCUT2D eigenvalue weighted by molar-refractivity contribution is 0.766. The molecule has 1 aromatic carbocycles. The van der Waals surface area contributed by atoms with E-state index in [0.717, 1.165) is 11.1 Å². The van der Waals surface area contributed by atoms with Crippen LogP contribution in [0.4, 0.5) is 5.69 Å². The van der Waals surface area contributed by atoms with E-state index in [2.05, 4.69) is 20.3 Å². The molecule has 0 aliphatic carbocycles. The SMILES string of the molecule is Nc1ccccc1-c1cnn(-c2n[nH]c(=O)[nH]c2=O)c1. The molecule has 0 spiro atoms.